The van der Waals surface area contributed by atoms with Gasteiger partial charge in [-0.15, -0.1) is 0 Å². The topological polar surface area (TPSA) is 37.6 Å². The first-order valence-electron chi connectivity index (χ1n) is 7.92. The molecule has 26 heavy (non-hydrogen) atoms. The molecule has 0 atom stereocenters. The Morgan fingerprint density at radius 3 is 1.69 bits per heavy atom. The summed E-state index contributed by atoms with van der Waals surface area (Å²) in [4.78, 5) is 13.1. The van der Waals surface area contributed by atoms with Gasteiger partial charge in [-0.05, 0) is 35.4 Å². The van der Waals surface area contributed by atoms with Gasteiger partial charge in [-0.25, -0.2) is 4.98 Å². The first-order chi connectivity index (χ1) is 12.6. The number of aromatic nitrogens is 1. The van der Waals surface area contributed by atoms with Crippen LogP contribution in [0.2, 0.25) is 0 Å². The van der Waals surface area contributed by atoms with Gasteiger partial charge in [-0.1, -0.05) is 69.9 Å². The van der Waals surface area contributed by atoms with Gasteiger partial charge in [0.2, 0.25) is 0 Å². The molecular formula is C23H23N3. The maximum atomic E-state index is 4.63. The predicted molar refractivity (Wildman–Crippen MR) is 116 cm³/mol. The summed E-state index contributed by atoms with van der Waals surface area (Å²) in [6, 6.07) is 3.83. The molecule has 0 N–H and O–H groups in total. The third-order valence-electron chi connectivity index (χ3n) is 3.27. The van der Waals surface area contributed by atoms with Crippen molar-refractivity contribution < 1.29 is 0 Å². The van der Waals surface area contributed by atoms with Crippen LogP contribution in [0.25, 0.3) is 5.57 Å². The van der Waals surface area contributed by atoms with E-state index < -0.39 is 0 Å². The van der Waals surface area contributed by atoms with Crippen LogP contribution >= 0.6 is 0 Å². The van der Waals surface area contributed by atoms with Crippen molar-refractivity contribution in [1.29, 1.82) is 0 Å². The lowest BCUT2D eigenvalue weighted by Crippen LogP contribution is -2.08. The van der Waals surface area contributed by atoms with Crippen molar-refractivity contribution in [2.24, 2.45) is 9.98 Å². The largest absolute Gasteiger partial charge is 0.255 e. The lowest BCUT2D eigenvalue weighted by molar-refractivity contribution is 1.24. The number of hydrogen-bond donors (Lipinski definition) is 0. The van der Waals surface area contributed by atoms with Crippen LogP contribution in [-0.4, -0.2) is 16.4 Å². The zero-order valence-corrected chi connectivity index (χ0v) is 14.9. The highest BCUT2D eigenvalue weighted by Gasteiger charge is 2.10. The smallest absolute Gasteiger partial charge is 0.0900 e. The molecule has 0 unspecified atom stereocenters. The molecule has 130 valence electrons. The van der Waals surface area contributed by atoms with E-state index in [0.29, 0.717) is 22.8 Å². The molecular weight excluding hydrogens is 318 g/mol. The molecule has 0 aromatic carbocycles. The second kappa shape index (κ2) is 11.0. The van der Waals surface area contributed by atoms with Gasteiger partial charge < -0.3 is 0 Å². The van der Waals surface area contributed by atoms with Crippen LogP contribution in [0.4, 0.5) is 0 Å². The van der Waals surface area contributed by atoms with E-state index in [1.165, 1.54) is 12.4 Å². The molecule has 1 rings (SSSR count). The molecule has 0 radical (unpaired) electrons. The van der Waals surface area contributed by atoms with Gasteiger partial charge in [0.05, 0.1) is 22.8 Å². The Balaban J connectivity index is 3.74. The zero-order chi connectivity index (χ0) is 19.4. The van der Waals surface area contributed by atoms with Crippen LogP contribution in [0.5, 0.6) is 0 Å². The molecule has 0 aliphatic rings. The van der Waals surface area contributed by atoms with Crippen LogP contribution in [0.15, 0.2) is 117 Å². The minimum atomic E-state index is 0.607. The fourth-order valence-corrected chi connectivity index (χ4v) is 2.12. The van der Waals surface area contributed by atoms with Crippen LogP contribution in [0.3, 0.4) is 0 Å². The Hall–Kier alpha value is -3.59. The van der Waals surface area contributed by atoms with Crippen LogP contribution in [-0.2, 0) is 0 Å². The van der Waals surface area contributed by atoms with E-state index in [-0.39, 0.29) is 0 Å². The molecule has 3 nitrogen and oxygen atoms in total. The van der Waals surface area contributed by atoms with E-state index in [0.717, 1.165) is 11.1 Å². The minimum Gasteiger partial charge on any atom is -0.255 e. The highest BCUT2D eigenvalue weighted by molar-refractivity contribution is 6.11. The fourth-order valence-electron chi connectivity index (χ4n) is 2.12. The quantitative estimate of drug-likeness (QED) is 0.401. The molecule has 1 aromatic rings. The predicted octanol–water partition coefficient (Wildman–Crippen LogP) is 5.63. The van der Waals surface area contributed by atoms with E-state index in [2.05, 4.69) is 54.4 Å². The molecule has 0 bridgehead atoms. The molecule has 0 saturated heterocycles. The van der Waals surface area contributed by atoms with Crippen LogP contribution in [0, 0.1) is 0 Å². The van der Waals surface area contributed by atoms with Crippen molar-refractivity contribution in [1.82, 2.24) is 4.98 Å². The first-order valence-corrected chi connectivity index (χ1v) is 7.92. The maximum absolute atomic E-state index is 4.63. The summed E-state index contributed by atoms with van der Waals surface area (Å²) >= 11 is 0. The maximum Gasteiger partial charge on any atom is 0.0900 e. The van der Waals surface area contributed by atoms with Gasteiger partial charge in [0, 0.05) is 12.4 Å². The number of hydrogen-bond acceptors (Lipinski definition) is 3. The Labute approximate surface area is 155 Å². The zero-order valence-electron chi connectivity index (χ0n) is 14.9. The average molecular weight is 341 g/mol. The molecule has 0 amide bonds. The molecule has 1 aromatic heterocycles. The van der Waals surface area contributed by atoms with Crippen LogP contribution in [0.1, 0.15) is 17.0 Å². The monoisotopic (exact) mass is 341 g/mol. The Kier molecular flexibility index (Phi) is 8.69. The van der Waals surface area contributed by atoms with E-state index in [1.54, 1.807) is 24.3 Å². The number of rotatable bonds is 10. The molecule has 3 heteroatoms. The minimum absolute atomic E-state index is 0.607. The highest BCUT2D eigenvalue weighted by atomic mass is 14.8. The second-order valence-electron chi connectivity index (χ2n) is 4.88. The molecule has 0 spiro atoms. The number of aliphatic imine (C=N–C) groups is 2. The summed E-state index contributed by atoms with van der Waals surface area (Å²) in [5, 5.41) is 0. The lowest BCUT2D eigenvalue weighted by Gasteiger charge is -2.10. The van der Waals surface area contributed by atoms with E-state index in [1.807, 2.05) is 30.4 Å². The van der Waals surface area contributed by atoms with Gasteiger partial charge in [0.25, 0.3) is 0 Å². The SMILES string of the molecule is C=C/C=C\C=C(/C=C)c1cc(/C(C=C)=N/C=C)nc(/C(C=C)=N/C=C)c1. The lowest BCUT2D eigenvalue weighted by atomic mass is 10.0. The van der Waals surface area contributed by atoms with Gasteiger partial charge in [-0.3, -0.25) is 9.98 Å². The van der Waals surface area contributed by atoms with Crippen molar-refractivity contribution >= 4 is 17.0 Å². The van der Waals surface area contributed by atoms with Gasteiger partial charge in [0.1, 0.15) is 0 Å². The van der Waals surface area contributed by atoms with Gasteiger partial charge >= 0.3 is 0 Å². The van der Waals surface area contributed by atoms with E-state index in [4.69, 9.17) is 0 Å². The summed E-state index contributed by atoms with van der Waals surface area (Å²) in [6.45, 7) is 22.4. The van der Waals surface area contributed by atoms with Crippen molar-refractivity contribution in [3.05, 3.63) is 123 Å². The molecule has 1 heterocycles. The third kappa shape index (κ3) is 5.49. The molecule has 0 fully saturated rings. The number of nitrogens with zero attached hydrogens (tertiary/aromatic N) is 3. The first kappa shape index (κ1) is 20.5. The molecule has 0 aliphatic heterocycles. The van der Waals surface area contributed by atoms with Crippen molar-refractivity contribution in [3.63, 3.8) is 0 Å². The fraction of sp³-hybridized carbons (Fsp3) is 0. The van der Waals surface area contributed by atoms with E-state index in [9.17, 15) is 0 Å². The third-order valence-corrected chi connectivity index (χ3v) is 3.27. The van der Waals surface area contributed by atoms with Crippen molar-refractivity contribution in [3.8, 4) is 0 Å². The Morgan fingerprint density at radius 2 is 1.31 bits per heavy atom. The normalized spacial score (nSPS) is 12.5. The van der Waals surface area contributed by atoms with Gasteiger partial charge in [0.15, 0.2) is 0 Å². The summed E-state index contributed by atoms with van der Waals surface area (Å²) in [6.07, 6.45) is 15.3. The van der Waals surface area contributed by atoms with Gasteiger partial charge in [-0.2, -0.15) is 0 Å². The summed E-state index contributed by atoms with van der Waals surface area (Å²) < 4.78 is 0. The molecule has 0 saturated carbocycles. The second-order valence-corrected chi connectivity index (χ2v) is 4.88. The Bertz CT molecular complexity index is 798. The van der Waals surface area contributed by atoms with E-state index >= 15 is 0 Å². The van der Waals surface area contributed by atoms with Crippen LogP contribution < -0.4 is 0 Å². The molecule has 0 aliphatic carbocycles. The highest BCUT2D eigenvalue weighted by Crippen LogP contribution is 2.20. The summed E-state index contributed by atoms with van der Waals surface area (Å²) in [5.41, 5.74) is 4.33. The number of allylic oxidation sites excluding steroid dienone is 8. The number of pyridine rings is 1. The summed E-state index contributed by atoms with van der Waals surface area (Å²) in [7, 11) is 0. The summed E-state index contributed by atoms with van der Waals surface area (Å²) in [5.74, 6) is 0. The average Bonchev–Trinajstić information content (AvgIpc) is 2.67. The standard InChI is InChI=1S/C23H23N3/c1-7-13-14-15-18(8-2)19-16-22(20(9-3)24-11-5)26-23(17-19)21(10-4)25-12-6/h7-17H,1-6H2/b14-13-,18-15+,24-20+,25-21+. The Morgan fingerprint density at radius 1 is 0.769 bits per heavy atom. The van der Waals surface area contributed by atoms with Crippen molar-refractivity contribution in [2.45, 2.75) is 0 Å². The van der Waals surface area contributed by atoms with Crippen molar-refractivity contribution in [2.75, 3.05) is 0 Å².